The van der Waals surface area contributed by atoms with Crippen molar-refractivity contribution in [2.75, 3.05) is 16.8 Å². The quantitative estimate of drug-likeness (QED) is 0.798. The van der Waals surface area contributed by atoms with Gasteiger partial charge in [-0.05, 0) is 31.2 Å². The van der Waals surface area contributed by atoms with Gasteiger partial charge >= 0.3 is 0 Å². The predicted molar refractivity (Wildman–Crippen MR) is 79.6 cm³/mol. The van der Waals surface area contributed by atoms with E-state index in [-0.39, 0.29) is 0 Å². The van der Waals surface area contributed by atoms with Crippen molar-refractivity contribution < 1.29 is 0 Å². The highest BCUT2D eigenvalue weighted by Crippen LogP contribution is 2.35. The molecule has 0 aliphatic carbocycles. The molecule has 2 nitrogen and oxygen atoms in total. The van der Waals surface area contributed by atoms with Crippen LogP contribution in [0, 0.1) is 0 Å². The van der Waals surface area contributed by atoms with Crippen molar-refractivity contribution >= 4 is 11.4 Å². The van der Waals surface area contributed by atoms with Crippen molar-refractivity contribution in [2.45, 2.75) is 6.92 Å². The van der Waals surface area contributed by atoms with Crippen LogP contribution in [0.5, 0.6) is 0 Å². The SMILES string of the molecule is C=C/C=C(\C=C)N1/C(=C/C)CNc2ccccc21. The molecule has 2 heteroatoms. The van der Waals surface area contributed by atoms with Crippen LogP contribution in [0.25, 0.3) is 0 Å². The zero-order valence-electron chi connectivity index (χ0n) is 10.7. The van der Waals surface area contributed by atoms with Gasteiger partial charge in [0.25, 0.3) is 0 Å². The molecule has 0 amide bonds. The molecule has 0 saturated heterocycles. The Morgan fingerprint density at radius 3 is 2.78 bits per heavy atom. The molecule has 1 N–H and O–H groups in total. The normalized spacial score (nSPS) is 17.1. The van der Waals surface area contributed by atoms with Gasteiger partial charge in [0.05, 0.1) is 17.9 Å². The van der Waals surface area contributed by atoms with Crippen molar-refractivity contribution in [2.24, 2.45) is 0 Å². The van der Waals surface area contributed by atoms with Gasteiger partial charge in [0.1, 0.15) is 0 Å². The van der Waals surface area contributed by atoms with Crippen molar-refractivity contribution in [3.63, 3.8) is 0 Å². The van der Waals surface area contributed by atoms with E-state index in [9.17, 15) is 0 Å². The molecule has 92 valence electrons. The summed E-state index contributed by atoms with van der Waals surface area (Å²) in [6, 6.07) is 8.27. The van der Waals surface area contributed by atoms with Gasteiger partial charge < -0.3 is 10.2 Å². The van der Waals surface area contributed by atoms with Gasteiger partial charge in [-0.1, -0.05) is 37.4 Å². The third-order valence-electron chi connectivity index (χ3n) is 2.98. The number of rotatable bonds is 3. The Bertz CT molecular complexity index is 524. The van der Waals surface area contributed by atoms with Crippen molar-refractivity contribution in [1.29, 1.82) is 0 Å². The van der Waals surface area contributed by atoms with Crippen LogP contribution < -0.4 is 10.2 Å². The molecular formula is C16H18N2. The summed E-state index contributed by atoms with van der Waals surface area (Å²) in [7, 11) is 0. The highest BCUT2D eigenvalue weighted by molar-refractivity contribution is 5.79. The maximum absolute atomic E-state index is 3.89. The van der Waals surface area contributed by atoms with Crippen LogP contribution in [0.3, 0.4) is 0 Å². The highest BCUT2D eigenvalue weighted by Gasteiger charge is 2.21. The third kappa shape index (κ3) is 2.09. The minimum atomic E-state index is 0.815. The molecule has 0 saturated carbocycles. The van der Waals surface area contributed by atoms with Gasteiger partial charge in [-0.2, -0.15) is 0 Å². The summed E-state index contributed by atoms with van der Waals surface area (Å²) in [6.45, 7) is 10.5. The van der Waals surface area contributed by atoms with Crippen LogP contribution in [0.1, 0.15) is 6.92 Å². The lowest BCUT2D eigenvalue weighted by Gasteiger charge is -2.35. The fraction of sp³-hybridized carbons (Fsp3) is 0.125. The number of hydrogen-bond donors (Lipinski definition) is 1. The Labute approximate surface area is 109 Å². The summed E-state index contributed by atoms with van der Waals surface area (Å²) in [5.74, 6) is 0. The lowest BCUT2D eigenvalue weighted by molar-refractivity contribution is 1.01. The van der Waals surface area contributed by atoms with E-state index in [1.165, 1.54) is 5.70 Å². The Morgan fingerprint density at radius 1 is 1.33 bits per heavy atom. The summed E-state index contributed by atoms with van der Waals surface area (Å²) in [5, 5.41) is 3.42. The van der Waals surface area contributed by atoms with Crippen LogP contribution in [-0.4, -0.2) is 6.54 Å². The first kappa shape index (κ1) is 12.2. The maximum Gasteiger partial charge on any atom is 0.0691 e. The van der Waals surface area contributed by atoms with E-state index in [1.807, 2.05) is 31.2 Å². The molecule has 1 aromatic rings. The Morgan fingerprint density at radius 2 is 2.11 bits per heavy atom. The molecule has 2 rings (SSSR count). The van der Waals surface area contributed by atoms with Crippen molar-refractivity contribution in [1.82, 2.24) is 0 Å². The zero-order valence-corrected chi connectivity index (χ0v) is 10.7. The van der Waals surface area contributed by atoms with Gasteiger partial charge in [0.2, 0.25) is 0 Å². The monoisotopic (exact) mass is 238 g/mol. The van der Waals surface area contributed by atoms with E-state index in [1.54, 1.807) is 6.08 Å². The fourth-order valence-electron chi connectivity index (χ4n) is 2.13. The third-order valence-corrected chi connectivity index (χ3v) is 2.98. The van der Waals surface area contributed by atoms with Crippen molar-refractivity contribution in [3.8, 4) is 0 Å². The largest absolute Gasteiger partial charge is 0.378 e. The summed E-state index contributed by atoms with van der Waals surface area (Å²) in [5.41, 5.74) is 4.53. The van der Waals surface area contributed by atoms with Crippen molar-refractivity contribution in [3.05, 3.63) is 73.1 Å². The first-order chi connectivity index (χ1) is 8.81. The second-order valence-electron chi connectivity index (χ2n) is 4.02. The van der Waals surface area contributed by atoms with Crippen LogP contribution >= 0.6 is 0 Å². The Hall–Kier alpha value is -2.22. The first-order valence-corrected chi connectivity index (χ1v) is 6.05. The fourth-order valence-corrected chi connectivity index (χ4v) is 2.13. The molecular weight excluding hydrogens is 220 g/mol. The zero-order chi connectivity index (χ0) is 13.0. The predicted octanol–water partition coefficient (Wildman–Crippen LogP) is 4.08. The molecule has 0 spiro atoms. The Balaban J connectivity index is 2.57. The molecule has 1 heterocycles. The maximum atomic E-state index is 3.89. The minimum absolute atomic E-state index is 0.815. The van der Waals surface area contributed by atoms with Gasteiger partial charge in [0, 0.05) is 11.4 Å². The summed E-state index contributed by atoms with van der Waals surface area (Å²) >= 11 is 0. The van der Waals surface area contributed by atoms with E-state index < -0.39 is 0 Å². The van der Waals surface area contributed by atoms with Crippen LogP contribution in [-0.2, 0) is 0 Å². The van der Waals surface area contributed by atoms with E-state index in [0.717, 1.165) is 23.6 Å². The number of nitrogens with zero attached hydrogens (tertiary/aromatic N) is 1. The lowest BCUT2D eigenvalue weighted by Crippen LogP contribution is -2.30. The first-order valence-electron chi connectivity index (χ1n) is 6.05. The van der Waals surface area contributed by atoms with E-state index in [0.29, 0.717) is 0 Å². The number of anilines is 2. The lowest BCUT2D eigenvalue weighted by atomic mass is 10.1. The number of fused-ring (bicyclic) bond motifs is 1. The molecule has 0 bridgehead atoms. The number of para-hydroxylation sites is 2. The van der Waals surface area contributed by atoms with Crippen LogP contribution in [0.4, 0.5) is 11.4 Å². The average Bonchev–Trinajstić information content (AvgIpc) is 2.43. The molecule has 0 aromatic heterocycles. The number of benzene rings is 1. The van der Waals surface area contributed by atoms with Gasteiger partial charge in [-0.25, -0.2) is 0 Å². The molecule has 0 radical (unpaired) electrons. The number of allylic oxidation sites excluding steroid dienone is 4. The minimum Gasteiger partial charge on any atom is -0.378 e. The summed E-state index contributed by atoms with van der Waals surface area (Å²) in [6.07, 6.45) is 7.73. The van der Waals surface area contributed by atoms with Gasteiger partial charge in [-0.15, -0.1) is 0 Å². The molecule has 1 aliphatic rings. The van der Waals surface area contributed by atoms with Gasteiger partial charge in [-0.3, -0.25) is 0 Å². The second-order valence-corrected chi connectivity index (χ2v) is 4.02. The number of nitrogens with one attached hydrogen (secondary N) is 1. The standard InChI is InChI=1S/C16H18N2/c1-4-9-13(5-2)18-14(6-3)12-17-15-10-7-8-11-16(15)18/h4-11,17H,1-2,12H2,3H3/b13-9+,14-6+. The average molecular weight is 238 g/mol. The molecule has 1 aliphatic heterocycles. The molecule has 1 aromatic carbocycles. The topological polar surface area (TPSA) is 15.3 Å². The molecule has 0 atom stereocenters. The van der Waals surface area contributed by atoms with Crippen LogP contribution in [0.2, 0.25) is 0 Å². The summed E-state index contributed by atoms with van der Waals surface area (Å²) in [4.78, 5) is 2.21. The Kier molecular flexibility index (Phi) is 3.68. The van der Waals surface area contributed by atoms with E-state index >= 15 is 0 Å². The van der Waals surface area contributed by atoms with E-state index in [4.69, 9.17) is 0 Å². The highest BCUT2D eigenvalue weighted by atomic mass is 15.2. The van der Waals surface area contributed by atoms with Gasteiger partial charge in [0.15, 0.2) is 0 Å². The second kappa shape index (κ2) is 5.41. The molecule has 0 fully saturated rings. The molecule has 0 unspecified atom stereocenters. The summed E-state index contributed by atoms with van der Waals surface area (Å²) < 4.78 is 0. The van der Waals surface area contributed by atoms with Crippen LogP contribution in [0.15, 0.2) is 73.1 Å². The smallest absolute Gasteiger partial charge is 0.0691 e. The number of hydrogen-bond acceptors (Lipinski definition) is 2. The van der Waals surface area contributed by atoms with E-state index in [2.05, 4.69) is 41.6 Å². The molecule has 18 heavy (non-hydrogen) atoms.